The van der Waals surface area contributed by atoms with E-state index in [4.69, 9.17) is 0 Å². The molecule has 0 bridgehead atoms. The van der Waals surface area contributed by atoms with Crippen LogP contribution in [-0.2, 0) is 10.3 Å². The average Bonchev–Trinajstić information content (AvgIpc) is 2.61. The van der Waals surface area contributed by atoms with Crippen molar-refractivity contribution in [3.63, 3.8) is 0 Å². The second-order valence-corrected chi connectivity index (χ2v) is 8.69. The van der Waals surface area contributed by atoms with Crippen LogP contribution < -0.4 is 5.32 Å². The van der Waals surface area contributed by atoms with Gasteiger partial charge in [-0.3, -0.25) is 4.79 Å². The van der Waals surface area contributed by atoms with E-state index < -0.39 is 17.2 Å². The van der Waals surface area contributed by atoms with Gasteiger partial charge in [0, 0.05) is 24.0 Å². The molecule has 1 saturated carbocycles. The van der Waals surface area contributed by atoms with E-state index in [1.807, 2.05) is 24.3 Å². The van der Waals surface area contributed by atoms with E-state index in [2.05, 4.69) is 21.2 Å². The minimum atomic E-state index is -1.09. The van der Waals surface area contributed by atoms with Gasteiger partial charge in [-0.1, -0.05) is 47.3 Å². The van der Waals surface area contributed by atoms with Crippen LogP contribution in [0, 0.1) is 0 Å². The summed E-state index contributed by atoms with van der Waals surface area (Å²) in [7, 11) is 0. The van der Waals surface area contributed by atoms with Crippen molar-refractivity contribution in [2.45, 2.75) is 69.1 Å². The number of halogens is 1. The Balaban J connectivity index is 2.17. The maximum Gasteiger partial charge on any atom is 0.404 e. The van der Waals surface area contributed by atoms with Crippen LogP contribution in [0.25, 0.3) is 0 Å². The van der Waals surface area contributed by atoms with Crippen molar-refractivity contribution < 1.29 is 19.8 Å². The summed E-state index contributed by atoms with van der Waals surface area (Å²) in [6.45, 7) is 1.94. The Bertz CT molecular complexity index is 720. The topological polar surface area (TPSA) is 89.9 Å². The van der Waals surface area contributed by atoms with Crippen molar-refractivity contribution in [2.24, 2.45) is 0 Å². The zero-order chi connectivity index (χ0) is 19.7. The van der Waals surface area contributed by atoms with Gasteiger partial charge in [0.1, 0.15) is 0 Å². The molecule has 0 aromatic heterocycles. The molecule has 1 heterocycles. The number of amides is 2. The van der Waals surface area contributed by atoms with Gasteiger partial charge < -0.3 is 20.4 Å². The molecule has 1 aromatic rings. The molecule has 1 aliphatic heterocycles. The highest BCUT2D eigenvalue weighted by atomic mass is 79.9. The molecule has 27 heavy (non-hydrogen) atoms. The Morgan fingerprint density at radius 2 is 1.96 bits per heavy atom. The third-order valence-corrected chi connectivity index (χ3v) is 6.66. The molecule has 2 amide bonds. The summed E-state index contributed by atoms with van der Waals surface area (Å²) in [4.78, 5) is 25.7. The van der Waals surface area contributed by atoms with Crippen LogP contribution in [0.4, 0.5) is 4.79 Å². The van der Waals surface area contributed by atoms with Gasteiger partial charge in [0.25, 0.3) is 0 Å². The first-order valence-corrected chi connectivity index (χ1v) is 10.3. The van der Waals surface area contributed by atoms with Gasteiger partial charge in [-0.05, 0) is 43.4 Å². The number of nitrogens with one attached hydrogen (secondary N) is 1. The molecule has 2 atom stereocenters. The number of aliphatic hydroxyl groups is 1. The molecule has 6 nitrogen and oxygen atoms in total. The van der Waals surface area contributed by atoms with Crippen LogP contribution in [0.15, 0.2) is 28.7 Å². The molecule has 0 radical (unpaired) electrons. The van der Waals surface area contributed by atoms with Crippen molar-refractivity contribution in [3.8, 4) is 0 Å². The molecule has 3 N–H and O–H groups in total. The summed E-state index contributed by atoms with van der Waals surface area (Å²) < 4.78 is 0.871. The molecule has 1 aliphatic carbocycles. The van der Waals surface area contributed by atoms with Crippen LogP contribution in [0.1, 0.15) is 57.4 Å². The van der Waals surface area contributed by atoms with Crippen LogP contribution in [0.5, 0.6) is 0 Å². The van der Waals surface area contributed by atoms with Gasteiger partial charge in [-0.25, -0.2) is 4.79 Å². The SMILES string of the molecule is CC(=O)N1CCC(NC(=O)O)CC1(c1cccc(Br)c1)C1(O)CCCCC1. The number of likely N-dealkylation sites (tertiary alicyclic amines) is 1. The Kier molecular flexibility index (Phi) is 5.82. The first-order valence-electron chi connectivity index (χ1n) is 9.55. The molecule has 2 aliphatic rings. The number of nitrogens with zero attached hydrogens (tertiary/aromatic N) is 1. The van der Waals surface area contributed by atoms with Gasteiger partial charge in [0.05, 0.1) is 11.1 Å². The lowest BCUT2D eigenvalue weighted by Gasteiger charge is -2.58. The minimum absolute atomic E-state index is 0.0947. The molecular formula is C20H27BrN2O4. The van der Waals surface area contributed by atoms with Crippen molar-refractivity contribution >= 4 is 27.9 Å². The number of carboxylic acid groups (broad SMARTS) is 1. The number of piperidine rings is 1. The molecule has 7 heteroatoms. The standard InChI is InChI=1S/C20H27BrN2O4/c1-14(24)23-11-8-17(22-18(25)26)13-20(23,15-6-5-7-16(21)12-15)19(27)9-3-2-4-10-19/h5-7,12,17,22,27H,2-4,8-11,13H2,1H3,(H,25,26). The van der Waals surface area contributed by atoms with E-state index in [-0.39, 0.29) is 11.9 Å². The van der Waals surface area contributed by atoms with Crippen LogP contribution >= 0.6 is 15.9 Å². The fourth-order valence-corrected chi connectivity index (χ4v) is 5.45. The second kappa shape index (κ2) is 7.80. The van der Waals surface area contributed by atoms with Gasteiger partial charge in [-0.15, -0.1) is 0 Å². The Hall–Kier alpha value is -1.60. The third-order valence-electron chi connectivity index (χ3n) is 6.16. The molecule has 148 valence electrons. The van der Waals surface area contributed by atoms with Gasteiger partial charge >= 0.3 is 6.09 Å². The Labute approximate surface area is 168 Å². The van der Waals surface area contributed by atoms with Gasteiger partial charge in [-0.2, -0.15) is 0 Å². The van der Waals surface area contributed by atoms with Crippen molar-refractivity contribution in [2.75, 3.05) is 6.54 Å². The zero-order valence-corrected chi connectivity index (χ0v) is 17.2. The van der Waals surface area contributed by atoms with E-state index in [1.165, 1.54) is 6.92 Å². The quantitative estimate of drug-likeness (QED) is 0.671. The lowest BCUT2D eigenvalue weighted by atomic mass is 9.62. The predicted octanol–water partition coefficient (Wildman–Crippen LogP) is 3.62. The number of carbonyl (C=O) groups excluding carboxylic acids is 1. The van der Waals surface area contributed by atoms with Crippen LogP contribution in [0.2, 0.25) is 0 Å². The molecule has 3 rings (SSSR count). The first kappa shape index (κ1) is 20.1. The van der Waals surface area contributed by atoms with E-state index in [1.54, 1.807) is 4.90 Å². The van der Waals surface area contributed by atoms with Crippen molar-refractivity contribution in [3.05, 3.63) is 34.3 Å². The lowest BCUT2D eigenvalue weighted by Crippen LogP contribution is -2.68. The molecule has 2 unspecified atom stereocenters. The summed E-state index contributed by atoms with van der Waals surface area (Å²) in [5, 5.41) is 23.7. The zero-order valence-electron chi connectivity index (χ0n) is 15.6. The van der Waals surface area contributed by atoms with Crippen molar-refractivity contribution in [1.29, 1.82) is 0 Å². The number of hydrogen-bond acceptors (Lipinski definition) is 3. The van der Waals surface area contributed by atoms with E-state index in [9.17, 15) is 19.8 Å². The first-order chi connectivity index (χ1) is 12.8. The fourth-order valence-electron chi connectivity index (χ4n) is 5.05. The Morgan fingerprint density at radius 1 is 1.26 bits per heavy atom. The van der Waals surface area contributed by atoms with Crippen molar-refractivity contribution in [1.82, 2.24) is 10.2 Å². The molecule has 0 spiro atoms. The maximum absolute atomic E-state index is 12.7. The number of hydrogen-bond donors (Lipinski definition) is 3. The summed E-state index contributed by atoms with van der Waals surface area (Å²) >= 11 is 3.51. The maximum atomic E-state index is 12.7. The summed E-state index contributed by atoms with van der Waals surface area (Å²) in [5.74, 6) is -0.0947. The minimum Gasteiger partial charge on any atom is -0.465 e. The number of rotatable bonds is 3. The van der Waals surface area contributed by atoms with Gasteiger partial charge in [0.2, 0.25) is 5.91 Å². The summed E-state index contributed by atoms with van der Waals surface area (Å²) in [6, 6.07) is 7.39. The van der Waals surface area contributed by atoms with E-state index >= 15 is 0 Å². The highest BCUT2D eigenvalue weighted by Gasteiger charge is 2.58. The van der Waals surface area contributed by atoms with Crippen LogP contribution in [-0.4, -0.2) is 45.3 Å². The molecule has 2 fully saturated rings. The van der Waals surface area contributed by atoms with E-state index in [0.29, 0.717) is 32.2 Å². The smallest absolute Gasteiger partial charge is 0.404 e. The monoisotopic (exact) mass is 438 g/mol. The highest BCUT2D eigenvalue weighted by molar-refractivity contribution is 9.10. The lowest BCUT2D eigenvalue weighted by molar-refractivity contribution is -0.175. The summed E-state index contributed by atoms with van der Waals surface area (Å²) in [5.41, 5.74) is -1.18. The molecule has 1 saturated heterocycles. The highest BCUT2D eigenvalue weighted by Crippen LogP contribution is 2.52. The van der Waals surface area contributed by atoms with Gasteiger partial charge in [0.15, 0.2) is 0 Å². The largest absolute Gasteiger partial charge is 0.465 e. The normalized spacial score (nSPS) is 27.8. The average molecular weight is 439 g/mol. The Morgan fingerprint density at radius 3 is 2.56 bits per heavy atom. The predicted molar refractivity (Wildman–Crippen MR) is 105 cm³/mol. The van der Waals surface area contributed by atoms with Crippen LogP contribution in [0.3, 0.4) is 0 Å². The third kappa shape index (κ3) is 3.72. The summed E-state index contributed by atoms with van der Waals surface area (Å²) in [6.07, 6.45) is 3.89. The molecule has 1 aromatic carbocycles. The number of carbonyl (C=O) groups is 2. The van der Waals surface area contributed by atoms with E-state index in [0.717, 1.165) is 29.3 Å². The fraction of sp³-hybridized carbons (Fsp3) is 0.600. The second-order valence-electron chi connectivity index (χ2n) is 7.77. The molecular weight excluding hydrogens is 412 g/mol. The number of benzene rings is 1.